The van der Waals surface area contributed by atoms with Crippen LogP contribution in [0.2, 0.25) is 0 Å². The fourth-order valence-corrected chi connectivity index (χ4v) is 1.71. The van der Waals surface area contributed by atoms with Crippen LogP contribution in [0.3, 0.4) is 0 Å². The zero-order chi connectivity index (χ0) is 9.36. The topological polar surface area (TPSA) is 15.3 Å². The summed E-state index contributed by atoms with van der Waals surface area (Å²) in [6, 6.07) is 0. The van der Waals surface area contributed by atoms with Gasteiger partial charge >= 0.3 is 0 Å². The van der Waals surface area contributed by atoms with Crippen LogP contribution >= 0.6 is 0 Å². The minimum absolute atomic E-state index is 1.17. The molecule has 0 aromatic rings. The molecule has 1 saturated heterocycles. The molecular formula is C11H23N2. The first-order valence-corrected chi connectivity index (χ1v) is 5.68. The van der Waals surface area contributed by atoms with Crippen LogP contribution in [0.1, 0.15) is 32.6 Å². The first-order valence-electron chi connectivity index (χ1n) is 5.68. The maximum atomic E-state index is 3.37. The van der Waals surface area contributed by atoms with E-state index in [1.165, 1.54) is 58.4 Å². The fourth-order valence-electron chi connectivity index (χ4n) is 1.71. The molecule has 0 spiro atoms. The first-order chi connectivity index (χ1) is 6.43. The highest BCUT2D eigenvalue weighted by Crippen LogP contribution is 2.03. The Kier molecular flexibility index (Phi) is 6.21. The van der Waals surface area contributed by atoms with E-state index in [1.54, 1.807) is 0 Å². The zero-order valence-corrected chi connectivity index (χ0v) is 8.89. The van der Waals surface area contributed by atoms with E-state index in [1.807, 2.05) is 0 Å². The molecule has 77 valence electrons. The fraction of sp³-hybridized carbons (Fsp3) is 0.909. The van der Waals surface area contributed by atoms with Crippen molar-refractivity contribution in [2.45, 2.75) is 32.6 Å². The van der Waals surface area contributed by atoms with Crippen molar-refractivity contribution in [3.05, 3.63) is 6.42 Å². The van der Waals surface area contributed by atoms with Gasteiger partial charge in [0.25, 0.3) is 0 Å². The maximum absolute atomic E-state index is 3.37. The predicted molar refractivity (Wildman–Crippen MR) is 57.8 cm³/mol. The summed E-state index contributed by atoms with van der Waals surface area (Å²) >= 11 is 0. The monoisotopic (exact) mass is 183 g/mol. The van der Waals surface area contributed by atoms with Crippen molar-refractivity contribution < 1.29 is 0 Å². The van der Waals surface area contributed by atoms with Crippen molar-refractivity contribution in [2.24, 2.45) is 0 Å². The average Bonchev–Trinajstić information content (AvgIpc) is 2.19. The summed E-state index contributed by atoms with van der Waals surface area (Å²) in [4.78, 5) is 2.53. The van der Waals surface area contributed by atoms with Gasteiger partial charge in [-0.3, -0.25) is 0 Å². The lowest BCUT2D eigenvalue weighted by atomic mass is 10.1. The molecule has 0 atom stereocenters. The van der Waals surface area contributed by atoms with E-state index in [-0.39, 0.29) is 0 Å². The van der Waals surface area contributed by atoms with Gasteiger partial charge < -0.3 is 10.2 Å². The van der Waals surface area contributed by atoms with Gasteiger partial charge in [0.05, 0.1) is 0 Å². The number of nitrogens with zero attached hydrogens (tertiary/aromatic N) is 1. The second-order valence-electron chi connectivity index (χ2n) is 3.84. The summed E-state index contributed by atoms with van der Waals surface area (Å²) in [7, 11) is 0. The molecule has 0 amide bonds. The highest BCUT2D eigenvalue weighted by Gasteiger charge is 2.07. The second kappa shape index (κ2) is 7.34. The van der Waals surface area contributed by atoms with E-state index in [2.05, 4.69) is 23.6 Å². The van der Waals surface area contributed by atoms with Crippen LogP contribution in [0, 0.1) is 6.42 Å². The third-order valence-corrected chi connectivity index (χ3v) is 2.61. The Labute approximate surface area is 82.7 Å². The normalized spacial score (nSPS) is 19.2. The van der Waals surface area contributed by atoms with Crippen LogP contribution in [-0.2, 0) is 0 Å². The molecule has 0 aliphatic carbocycles. The van der Waals surface area contributed by atoms with Gasteiger partial charge in [-0.2, -0.15) is 0 Å². The molecule has 1 aliphatic rings. The zero-order valence-electron chi connectivity index (χ0n) is 8.89. The van der Waals surface area contributed by atoms with Crippen molar-refractivity contribution in [3.8, 4) is 0 Å². The van der Waals surface area contributed by atoms with Crippen LogP contribution in [-0.4, -0.2) is 37.6 Å². The van der Waals surface area contributed by atoms with Crippen LogP contribution in [0.15, 0.2) is 0 Å². The molecule has 0 saturated carbocycles. The molecular weight excluding hydrogens is 160 g/mol. The Bertz CT molecular complexity index is 109. The molecule has 1 heterocycles. The molecule has 13 heavy (non-hydrogen) atoms. The van der Waals surface area contributed by atoms with Crippen molar-refractivity contribution in [2.75, 3.05) is 32.7 Å². The highest BCUT2D eigenvalue weighted by atomic mass is 15.2. The summed E-state index contributed by atoms with van der Waals surface area (Å²) in [5, 5.41) is 3.37. The van der Waals surface area contributed by atoms with E-state index in [4.69, 9.17) is 0 Å². The molecule has 0 unspecified atom stereocenters. The summed E-state index contributed by atoms with van der Waals surface area (Å²) in [6.07, 6.45) is 7.85. The molecule has 0 aromatic carbocycles. The van der Waals surface area contributed by atoms with Crippen molar-refractivity contribution in [1.82, 2.24) is 10.2 Å². The number of unbranched alkanes of at least 4 members (excludes halogenated alkanes) is 4. The summed E-state index contributed by atoms with van der Waals surface area (Å²) in [6.45, 7) is 8.25. The van der Waals surface area contributed by atoms with Gasteiger partial charge in [0.1, 0.15) is 0 Å². The minimum Gasteiger partial charge on any atom is -0.314 e. The van der Waals surface area contributed by atoms with Crippen LogP contribution in [0.25, 0.3) is 0 Å². The highest BCUT2D eigenvalue weighted by molar-refractivity contribution is 4.75. The first kappa shape index (κ1) is 11.0. The summed E-state index contributed by atoms with van der Waals surface area (Å²) < 4.78 is 0. The smallest absolute Gasteiger partial charge is 0.0107 e. The van der Waals surface area contributed by atoms with Gasteiger partial charge in [0.15, 0.2) is 0 Å². The van der Waals surface area contributed by atoms with Crippen molar-refractivity contribution >= 4 is 0 Å². The molecule has 1 rings (SSSR count). The Morgan fingerprint density at radius 2 is 2.00 bits per heavy atom. The molecule has 1 fully saturated rings. The van der Waals surface area contributed by atoms with Crippen LogP contribution in [0.5, 0.6) is 0 Å². The average molecular weight is 183 g/mol. The third-order valence-electron chi connectivity index (χ3n) is 2.61. The quantitative estimate of drug-likeness (QED) is 0.630. The maximum Gasteiger partial charge on any atom is 0.0107 e. The molecule has 0 bridgehead atoms. The molecule has 0 aromatic heterocycles. The number of nitrogens with one attached hydrogen (secondary N) is 1. The lowest BCUT2D eigenvalue weighted by molar-refractivity contribution is 0.255. The predicted octanol–water partition coefficient (Wildman–Crippen LogP) is 1.68. The molecule has 1 N–H and O–H groups in total. The number of hydrogen-bond donors (Lipinski definition) is 1. The summed E-state index contributed by atoms with van der Waals surface area (Å²) in [5.74, 6) is 0. The van der Waals surface area contributed by atoms with E-state index in [0.717, 1.165) is 0 Å². The lowest BCUT2D eigenvalue weighted by Crippen LogP contribution is -2.43. The SMILES string of the molecule is CCCCC[CH]CN1CCNCC1. The van der Waals surface area contributed by atoms with Crippen LogP contribution < -0.4 is 5.32 Å². The lowest BCUT2D eigenvalue weighted by Gasteiger charge is -2.26. The van der Waals surface area contributed by atoms with Crippen LogP contribution in [0.4, 0.5) is 0 Å². The Morgan fingerprint density at radius 1 is 1.23 bits per heavy atom. The second-order valence-corrected chi connectivity index (χ2v) is 3.84. The molecule has 2 nitrogen and oxygen atoms in total. The van der Waals surface area contributed by atoms with E-state index in [9.17, 15) is 0 Å². The standard InChI is InChI=1S/C11H23N2/c1-2-3-4-5-6-9-13-10-7-12-8-11-13/h6,12H,2-5,7-11H2,1H3. The Morgan fingerprint density at radius 3 is 2.69 bits per heavy atom. The van der Waals surface area contributed by atoms with Gasteiger partial charge in [-0.25, -0.2) is 0 Å². The van der Waals surface area contributed by atoms with E-state index < -0.39 is 0 Å². The molecule has 2 heteroatoms. The Hall–Kier alpha value is -0.0800. The molecule has 1 radical (unpaired) electrons. The third kappa shape index (κ3) is 5.27. The van der Waals surface area contributed by atoms with Gasteiger partial charge in [0.2, 0.25) is 0 Å². The van der Waals surface area contributed by atoms with Crippen molar-refractivity contribution in [3.63, 3.8) is 0 Å². The Balaban J connectivity index is 1.86. The summed E-state index contributed by atoms with van der Waals surface area (Å²) in [5.41, 5.74) is 0. The number of piperazine rings is 1. The molecule has 1 aliphatic heterocycles. The van der Waals surface area contributed by atoms with Gasteiger partial charge in [-0.05, 0) is 12.8 Å². The van der Waals surface area contributed by atoms with E-state index in [0.29, 0.717) is 0 Å². The van der Waals surface area contributed by atoms with Crippen molar-refractivity contribution in [1.29, 1.82) is 0 Å². The van der Waals surface area contributed by atoms with Gasteiger partial charge in [0, 0.05) is 32.7 Å². The largest absolute Gasteiger partial charge is 0.314 e. The number of rotatable bonds is 6. The number of hydrogen-bond acceptors (Lipinski definition) is 2. The van der Waals surface area contributed by atoms with E-state index >= 15 is 0 Å². The van der Waals surface area contributed by atoms with Gasteiger partial charge in [-0.15, -0.1) is 0 Å². The minimum atomic E-state index is 1.17. The van der Waals surface area contributed by atoms with Gasteiger partial charge in [-0.1, -0.05) is 26.2 Å².